The number of anilines is 1. The first-order valence-electron chi connectivity index (χ1n) is 7.07. The van der Waals surface area contributed by atoms with Crippen molar-refractivity contribution in [3.63, 3.8) is 0 Å². The first-order valence-corrected chi connectivity index (χ1v) is 7.07. The highest BCUT2D eigenvalue weighted by molar-refractivity contribution is 6.07. The predicted molar refractivity (Wildman–Crippen MR) is 85.3 cm³/mol. The number of nitrogens with zero attached hydrogens (tertiary/aromatic N) is 1. The molecule has 1 N–H and O–H groups in total. The largest absolute Gasteiger partial charge is 0.478 e. The lowest BCUT2D eigenvalue weighted by Crippen LogP contribution is -2.34. The SMILES string of the molecule is COCCN(c1ccc(C(=O)O)c2ccccc12)C(C)C. The van der Waals surface area contributed by atoms with Gasteiger partial charge in [0, 0.05) is 30.8 Å². The van der Waals surface area contributed by atoms with Gasteiger partial charge in [-0.2, -0.15) is 0 Å². The van der Waals surface area contributed by atoms with Gasteiger partial charge in [0.25, 0.3) is 0 Å². The highest BCUT2D eigenvalue weighted by atomic mass is 16.5. The molecule has 0 unspecified atom stereocenters. The van der Waals surface area contributed by atoms with Crippen LogP contribution in [0.5, 0.6) is 0 Å². The lowest BCUT2D eigenvalue weighted by atomic mass is 10.0. The van der Waals surface area contributed by atoms with Crippen molar-refractivity contribution in [3.8, 4) is 0 Å². The molecule has 21 heavy (non-hydrogen) atoms. The molecule has 112 valence electrons. The number of carboxylic acid groups (broad SMARTS) is 1. The van der Waals surface area contributed by atoms with E-state index in [1.54, 1.807) is 13.2 Å². The van der Waals surface area contributed by atoms with Crippen LogP contribution in [-0.4, -0.2) is 37.4 Å². The van der Waals surface area contributed by atoms with Crippen LogP contribution in [0.1, 0.15) is 24.2 Å². The lowest BCUT2D eigenvalue weighted by molar-refractivity contribution is 0.0699. The number of fused-ring (bicyclic) bond motifs is 1. The summed E-state index contributed by atoms with van der Waals surface area (Å²) in [7, 11) is 1.68. The first-order chi connectivity index (χ1) is 10.1. The topological polar surface area (TPSA) is 49.8 Å². The van der Waals surface area contributed by atoms with Crippen molar-refractivity contribution in [1.29, 1.82) is 0 Å². The van der Waals surface area contributed by atoms with Gasteiger partial charge < -0.3 is 14.7 Å². The maximum absolute atomic E-state index is 11.4. The van der Waals surface area contributed by atoms with Crippen LogP contribution >= 0.6 is 0 Å². The molecule has 0 aliphatic rings. The molecule has 0 heterocycles. The van der Waals surface area contributed by atoms with E-state index < -0.39 is 5.97 Å². The van der Waals surface area contributed by atoms with E-state index in [2.05, 4.69) is 18.7 Å². The van der Waals surface area contributed by atoms with Gasteiger partial charge in [-0.3, -0.25) is 0 Å². The van der Waals surface area contributed by atoms with E-state index in [1.165, 1.54) is 0 Å². The van der Waals surface area contributed by atoms with Gasteiger partial charge in [-0.15, -0.1) is 0 Å². The quantitative estimate of drug-likeness (QED) is 0.884. The average Bonchev–Trinajstić information content (AvgIpc) is 2.47. The highest BCUT2D eigenvalue weighted by Gasteiger charge is 2.16. The van der Waals surface area contributed by atoms with Gasteiger partial charge in [0.2, 0.25) is 0 Å². The number of carbonyl (C=O) groups is 1. The minimum atomic E-state index is -0.897. The first kappa shape index (κ1) is 15.3. The molecule has 0 bridgehead atoms. The fraction of sp³-hybridized carbons (Fsp3) is 0.353. The van der Waals surface area contributed by atoms with Crippen molar-refractivity contribution in [2.45, 2.75) is 19.9 Å². The summed E-state index contributed by atoms with van der Waals surface area (Å²) in [5, 5.41) is 11.1. The molecule has 4 nitrogen and oxygen atoms in total. The summed E-state index contributed by atoms with van der Waals surface area (Å²) in [6, 6.07) is 11.5. The Morgan fingerprint density at radius 3 is 2.43 bits per heavy atom. The number of methoxy groups -OCH3 is 1. The Morgan fingerprint density at radius 1 is 1.19 bits per heavy atom. The van der Waals surface area contributed by atoms with E-state index in [-0.39, 0.29) is 0 Å². The van der Waals surface area contributed by atoms with E-state index in [1.807, 2.05) is 30.3 Å². The Balaban J connectivity index is 2.58. The van der Waals surface area contributed by atoms with Crippen molar-refractivity contribution < 1.29 is 14.6 Å². The molecule has 0 fully saturated rings. The average molecular weight is 287 g/mol. The molecule has 0 radical (unpaired) electrons. The molecule has 0 spiro atoms. The molecule has 0 saturated heterocycles. The molecule has 0 amide bonds. The third kappa shape index (κ3) is 3.16. The number of carboxylic acids is 1. The molecule has 0 atom stereocenters. The summed E-state index contributed by atoms with van der Waals surface area (Å²) >= 11 is 0. The second kappa shape index (κ2) is 6.59. The normalized spacial score (nSPS) is 11.0. The fourth-order valence-corrected chi connectivity index (χ4v) is 2.57. The van der Waals surface area contributed by atoms with Crippen LogP contribution in [0.15, 0.2) is 36.4 Å². The standard InChI is InChI=1S/C17H21NO3/c1-12(2)18(10-11-21-3)16-9-8-15(17(19)20)13-6-4-5-7-14(13)16/h4-9,12H,10-11H2,1-3H3,(H,19,20). The molecule has 0 aromatic heterocycles. The number of hydrogen-bond donors (Lipinski definition) is 1. The summed E-state index contributed by atoms with van der Waals surface area (Å²) in [4.78, 5) is 13.6. The van der Waals surface area contributed by atoms with E-state index in [0.717, 1.165) is 23.0 Å². The second-order valence-electron chi connectivity index (χ2n) is 5.26. The van der Waals surface area contributed by atoms with E-state index in [0.29, 0.717) is 18.2 Å². The Kier molecular flexibility index (Phi) is 4.81. The zero-order valence-corrected chi connectivity index (χ0v) is 12.7. The summed E-state index contributed by atoms with van der Waals surface area (Å²) in [6.45, 7) is 5.64. The minimum absolute atomic E-state index is 0.305. The molecular formula is C17H21NO3. The summed E-state index contributed by atoms with van der Waals surface area (Å²) in [5.74, 6) is -0.897. The monoisotopic (exact) mass is 287 g/mol. The van der Waals surface area contributed by atoms with Crippen LogP contribution in [0.2, 0.25) is 0 Å². The molecule has 2 rings (SSSR count). The Hall–Kier alpha value is -2.07. The van der Waals surface area contributed by atoms with Crippen molar-refractivity contribution >= 4 is 22.4 Å². The van der Waals surface area contributed by atoms with Gasteiger partial charge in [0.05, 0.1) is 12.2 Å². The Bertz CT molecular complexity index is 637. The second-order valence-corrected chi connectivity index (χ2v) is 5.26. The van der Waals surface area contributed by atoms with Crippen molar-refractivity contribution in [2.24, 2.45) is 0 Å². The van der Waals surface area contributed by atoms with Gasteiger partial charge in [-0.1, -0.05) is 24.3 Å². The maximum atomic E-state index is 11.4. The van der Waals surface area contributed by atoms with Crippen LogP contribution < -0.4 is 4.90 Å². The predicted octanol–water partition coefficient (Wildman–Crippen LogP) is 3.40. The van der Waals surface area contributed by atoms with Gasteiger partial charge in [0.1, 0.15) is 0 Å². The summed E-state index contributed by atoms with van der Waals surface area (Å²) in [5.41, 5.74) is 1.38. The lowest BCUT2D eigenvalue weighted by Gasteiger charge is -2.30. The van der Waals surface area contributed by atoms with Gasteiger partial charge in [-0.05, 0) is 31.4 Å². The van der Waals surface area contributed by atoms with E-state index in [4.69, 9.17) is 4.74 Å². The number of benzene rings is 2. The zero-order valence-electron chi connectivity index (χ0n) is 12.7. The smallest absolute Gasteiger partial charge is 0.336 e. The summed E-state index contributed by atoms with van der Waals surface area (Å²) < 4.78 is 5.18. The fourth-order valence-electron chi connectivity index (χ4n) is 2.57. The maximum Gasteiger partial charge on any atom is 0.336 e. The van der Waals surface area contributed by atoms with Gasteiger partial charge >= 0.3 is 5.97 Å². The van der Waals surface area contributed by atoms with Crippen molar-refractivity contribution in [2.75, 3.05) is 25.2 Å². The molecule has 0 aliphatic carbocycles. The van der Waals surface area contributed by atoms with E-state index in [9.17, 15) is 9.90 Å². The molecule has 0 aliphatic heterocycles. The van der Waals surface area contributed by atoms with Gasteiger partial charge in [0.15, 0.2) is 0 Å². The van der Waals surface area contributed by atoms with Crippen molar-refractivity contribution in [3.05, 3.63) is 42.0 Å². The molecule has 2 aromatic carbocycles. The van der Waals surface area contributed by atoms with Crippen LogP contribution in [0.4, 0.5) is 5.69 Å². The highest BCUT2D eigenvalue weighted by Crippen LogP contribution is 2.30. The Labute approximate surface area is 124 Å². The molecule has 0 saturated carbocycles. The minimum Gasteiger partial charge on any atom is -0.478 e. The van der Waals surface area contributed by atoms with Crippen LogP contribution in [0.3, 0.4) is 0 Å². The summed E-state index contributed by atoms with van der Waals surface area (Å²) in [6.07, 6.45) is 0. The van der Waals surface area contributed by atoms with Crippen LogP contribution in [0, 0.1) is 0 Å². The van der Waals surface area contributed by atoms with Crippen LogP contribution in [0.25, 0.3) is 10.8 Å². The molecular weight excluding hydrogens is 266 g/mol. The number of aromatic carboxylic acids is 1. The molecule has 2 aromatic rings. The van der Waals surface area contributed by atoms with Crippen molar-refractivity contribution in [1.82, 2.24) is 0 Å². The third-order valence-corrected chi connectivity index (χ3v) is 3.60. The van der Waals surface area contributed by atoms with E-state index >= 15 is 0 Å². The van der Waals surface area contributed by atoms with Crippen LogP contribution in [-0.2, 0) is 4.74 Å². The van der Waals surface area contributed by atoms with Gasteiger partial charge in [-0.25, -0.2) is 4.79 Å². The third-order valence-electron chi connectivity index (χ3n) is 3.60. The number of hydrogen-bond acceptors (Lipinski definition) is 3. The zero-order chi connectivity index (χ0) is 15.4. The molecule has 4 heteroatoms. The Morgan fingerprint density at radius 2 is 1.86 bits per heavy atom. The number of ether oxygens (including phenoxy) is 1. The number of rotatable bonds is 6.